The molecule has 1 saturated heterocycles. The summed E-state index contributed by atoms with van der Waals surface area (Å²) in [6, 6.07) is 0. The number of carbonyl (C=O) groups excluding carboxylic acids is 1. The highest BCUT2D eigenvalue weighted by molar-refractivity contribution is 5.82. The molecule has 2 aliphatic carbocycles. The summed E-state index contributed by atoms with van der Waals surface area (Å²) in [6.45, 7) is 2.79. The van der Waals surface area contributed by atoms with Crippen LogP contribution in [0.15, 0.2) is 0 Å². The summed E-state index contributed by atoms with van der Waals surface area (Å²) in [5.41, 5.74) is 0.320. The number of carbonyl (C=O) groups is 1. The van der Waals surface area contributed by atoms with Crippen molar-refractivity contribution in [1.29, 1.82) is 0 Å². The molecule has 3 rings (SSSR count). The maximum absolute atomic E-state index is 12.2. The molecular formula is C15H26N2O2. The SMILES string of the molecule is O=C(NCC1CCCCC1O)C1CC12CCNCC2. The summed E-state index contributed by atoms with van der Waals surface area (Å²) in [6.07, 6.45) is 7.45. The Morgan fingerprint density at radius 1 is 1.26 bits per heavy atom. The van der Waals surface area contributed by atoms with Crippen molar-refractivity contribution < 1.29 is 9.90 Å². The van der Waals surface area contributed by atoms with Crippen LogP contribution in [0, 0.1) is 17.3 Å². The third-order valence-electron chi connectivity index (χ3n) is 5.51. The summed E-state index contributed by atoms with van der Waals surface area (Å²) in [4.78, 5) is 12.2. The van der Waals surface area contributed by atoms with Crippen LogP contribution in [0.5, 0.6) is 0 Å². The molecule has 0 aromatic heterocycles. The number of amides is 1. The number of hydrogen-bond acceptors (Lipinski definition) is 3. The van der Waals surface area contributed by atoms with Gasteiger partial charge in [-0.2, -0.15) is 0 Å². The molecule has 3 aliphatic rings. The van der Waals surface area contributed by atoms with Crippen molar-refractivity contribution in [2.75, 3.05) is 19.6 Å². The van der Waals surface area contributed by atoms with Gasteiger partial charge < -0.3 is 15.7 Å². The monoisotopic (exact) mass is 266 g/mol. The molecular weight excluding hydrogens is 240 g/mol. The van der Waals surface area contributed by atoms with E-state index in [1.165, 1.54) is 6.42 Å². The number of aliphatic hydroxyl groups is 1. The van der Waals surface area contributed by atoms with E-state index in [1.54, 1.807) is 0 Å². The zero-order valence-electron chi connectivity index (χ0n) is 11.7. The van der Waals surface area contributed by atoms with Crippen molar-refractivity contribution in [2.45, 2.75) is 51.0 Å². The third kappa shape index (κ3) is 2.79. The fraction of sp³-hybridized carbons (Fsp3) is 0.933. The molecule has 1 heterocycles. The molecule has 1 amide bonds. The first kappa shape index (κ1) is 13.4. The van der Waals surface area contributed by atoms with E-state index in [9.17, 15) is 9.90 Å². The van der Waals surface area contributed by atoms with Crippen LogP contribution < -0.4 is 10.6 Å². The van der Waals surface area contributed by atoms with E-state index < -0.39 is 0 Å². The van der Waals surface area contributed by atoms with Crippen LogP contribution in [0.3, 0.4) is 0 Å². The predicted molar refractivity (Wildman–Crippen MR) is 73.6 cm³/mol. The summed E-state index contributed by atoms with van der Waals surface area (Å²) < 4.78 is 0. The van der Waals surface area contributed by atoms with Crippen LogP contribution >= 0.6 is 0 Å². The molecule has 0 bridgehead atoms. The van der Waals surface area contributed by atoms with Crippen LogP contribution in [0.25, 0.3) is 0 Å². The lowest BCUT2D eigenvalue weighted by Gasteiger charge is -2.28. The van der Waals surface area contributed by atoms with Crippen molar-refractivity contribution >= 4 is 5.91 Å². The van der Waals surface area contributed by atoms with Crippen LogP contribution in [0.1, 0.15) is 44.9 Å². The van der Waals surface area contributed by atoms with E-state index in [2.05, 4.69) is 10.6 Å². The molecule has 0 radical (unpaired) electrons. The number of hydrogen-bond donors (Lipinski definition) is 3. The van der Waals surface area contributed by atoms with Crippen molar-refractivity contribution in [3.8, 4) is 0 Å². The predicted octanol–water partition coefficient (Wildman–Crippen LogP) is 1.04. The Morgan fingerprint density at radius 3 is 2.74 bits per heavy atom. The second kappa shape index (κ2) is 5.41. The van der Waals surface area contributed by atoms with Crippen LogP contribution in [-0.2, 0) is 4.79 Å². The first-order valence-electron chi connectivity index (χ1n) is 7.88. The van der Waals surface area contributed by atoms with Gasteiger partial charge in [0.05, 0.1) is 6.10 Å². The minimum absolute atomic E-state index is 0.207. The van der Waals surface area contributed by atoms with Crippen LogP contribution in [0.4, 0.5) is 0 Å². The van der Waals surface area contributed by atoms with Gasteiger partial charge in [-0.15, -0.1) is 0 Å². The highest BCUT2D eigenvalue weighted by Gasteiger charge is 2.57. The largest absolute Gasteiger partial charge is 0.393 e. The van der Waals surface area contributed by atoms with Crippen molar-refractivity contribution in [3.63, 3.8) is 0 Å². The van der Waals surface area contributed by atoms with Crippen molar-refractivity contribution in [2.24, 2.45) is 17.3 Å². The normalized spacial score (nSPS) is 37.0. The topological polar surface area (TPSA) is 61.4 Å². The molecule has 19 heavy (non-hydrogen) atoms. The Bertz CT molecular complexity index is 339. The van der Waals surface area contributed by atoms with E-state index in [4.69, 9.17) is 0 Å². The smallest absolute Gasteiger partial charge is 0.223 e. The third-order valence-corrected chi connectivity index (χ3v) is 5.51. The molecule has 1 aliphatic heterocycles. The van der Waals surface area contributed by atoms with Crippen LogP contribution in [-0.4, -0.2) is 36.8 Å². The fourth-order valence-corrected chi connectivity index (χ4v) is 3.98. The highest BCUT2D eigenvalue weighted by Crippen LogP contribution is 2.58. The summed E-state index contributed by atoms with van der Waals surface area (Å²) in [5.74, 6) is 0.760. The Labute approximate surface area is 115 Å². The molecule has 1 spiro atoms. The average Bonchev–Trinajstić information content (AvgIpc) is 3.12. The van der Waals surface area contributed by atoms with Crippen molar-refractivity contribution in [1.82, 2.24) is 10.6 Å². The molecule has 3 fully saturated rings. The van der Waals surface area contributed by atoms with Crippen LogP contribution in [0.2, 0.25) is 0 Å². The Kier molecular flexibility index (Phi) is 3.81. The summed E-state index contributed by atoms with van der Waals surface area (Å²) in [5, 5.41) is 16.4. The molecule has 108 valence electrons. The Morgan fingerprint density at radius 2 is 2.00 bits per heavy atom. The molecule has 4 nitrogen and oxygen atoms in total. The number of piperidine rings is 1. The lowest BCUT2D eigenvalue weighted by atomic mass is 9.86. The first-order valence-corrected chi connectivity index (χ1v) is 7.88. The van der Waals surface area contributed by atoms with E-state index in [-0.39, 0.29) is 23.8 Å². The molecule has 4 heteroatoms. The Hall–Kier alpha value is -0.610. The van der Waals surface area contributed by atoms with Gasteiger partial charge in [-0.25, -0.2) is 0 Å². The lowest BCUT2D eigenvalue weighted by Crippen LogP contribution is -2.39. The van der Waals surface area contributed by atoms with Gasteiger partial charge in [0.25, 0.3) is 0 Å². The van der Waals surface area contributed by atoms with E-state index in [1.807, 2.05) is 0 Å². The lowest BCUT2D eigenvalue weighted by molar-refractivity contribution is -0.123. The summed E-state index contributed by atoms with van der Waals surface area (Å²) >= 11 is 0. The van der Waals surface area contributed by atoms with Gasteiger partial charge in [-0.1, -0.05) is 12.8 Å². The number of rotatable bonds is 3. The highest BCUT2D eigenvalue weighted by atomic mass is 16.3. The van der Waals surface area contributed by atoms with Gasteiger partial charge in [0.2, 0.25) is 5.91 Å². The first-order chi connectivity index (χ1) is 9.21. The molecule has 3 unspecified atom stereocenters. The fourth-order valence-electron chi connectivity index (χ4n) is 3.98. The molecule has 0 aromatic carbocycles. The maximum Gasteiger partial charge on any atom is 0.223 e. The van der Waals surface area contributed by atoms with Gasteiger partial charge in [0, 0.05) is 18.4 Å². The van der Waals surface area contributed by atoms with E-state index in [0.717, 1.165) is 51.6 Å². The minimum Gasteiger partial charge on any atom is -0.393 e. The molecule has 3 atom stereocenters. The van der Waals surface area contributed by atoms with Gasteiger partial charge in [-0.3, -0.25) is 4.79 Å². The zero-order chi connectivity index (χ0) is 13.3. The number of aliphatic hydroxyl groups excluding tert-OH is 1. The van der Waals surface area contributed by atoms with Gasteiger partial charge in [-0.05, 0) is 50.6 Å². The average molecular weight is 266 g/mol. The van der Waals surface area contributed by atoms with Gasteiger partial charge in [0.15, 0.2) is 0 Å². The maximum atomic E-state index is 12.2. The molecule has 2 saturated carbocycles. The van der Waals surface area contributed by atoms with E-state index in [0.29, 0.717) is 12.0 Å². The van der Waals surface area contributed by atoms with E-state index >= 15 is 0 Å². The summed E-state index contributed by atoms with van der Waals surface area (Å²) in [7, 11) is 0. The Balaban J connectivity index is 1.44. The van der Waals surface area contributed by atoms with Gasteiger partial charge in [0.1, 0.15) is 0 Å². The molecule has 3 N–H and O–H groups in total. The standard InChI is InChI=1S/C15H26N2O2/c18-13-4-2-1-3-11(13)10-17-14(19)12-9-15(12)5-7-16-8-6-15/h11-13,16,18H,1-10H2,(H,17,19). The van der Waals surface area contributed by atoms with Crippen molar-refractivity contribution in [3.05, 3.63) is 0 Å². The second-order valence-corrected chi connectivity index (χ2v) is 6.73. The molecule has 0 aromatic rings. The number of nitrogens with one attached hydrogen (secondary N) is 2. The zero-order valence-corrected chi connectivity index (χ0v) is 11.7. The second-order valence-electron chi connectivity index (χ2n) is 6.73. The quantitative estimate of drug-likeness (QED) is 0.715. The minimum atomic E-state index is -0.207. The van der Waals surface area contributed by atoms with Gasteiger partial charge >= 0.3 is 0 Å².